The predicted octanol–water partition coefficient (Wildman–Crippen LogP) is 3.02. The van der Waals surface area contributed by atoms with Crippen molar-refractivity contribution in [2.45, 2.75) is 32.6 Å². The predicted molar refractivity (Wildman–Crippen MR) is 57.9 cm³/mol. The normalized spacial score (nSPS) is 10.0. The standard InChI is InChI=1S/C11H13ClNO2/c1-2-3-4-5-11(14)15-10-6-7-13-8-9(10)12/h6,8H,2-5H2,1H3. The molecule has 81 valence electrons. The second-order valence-corrected chi connectivity index (χ2v) is 3.58. The zero-order valence-electron chi connectivity index (χ0n) is 8.62. The highest BCUT2D eigenvalue weighted by Crippen LogP contribution is 2.22. The van der Waals surface area contributed by atoms with Crippen molar-refractivity contribution in [2.24, 2.45) is 0 Å². The maximum atomic E-state index is 11.3. The van der Waals surface area contributed by atoms with Crippen molar-refractivity contribution in [3.8, 4) is 5.75 Å². The molecule has 3 nitrogen and oxygen atoms in total. The van der Waals surface area contributed by atoms with Gasteiger partial charge in [0.15, 0.2) is 5.75 Å². The Hall–Kier alpha value is -1.09. The number of ether oxygens (including phenoxy) is 1. The van der Waals surface area contributed by atoms with Crippen LogP contribution in [-0.2, 0) is 4.79 Å². The number of halogens is 1. The molecule has 0 fully saturated rings. The van der Waals surface area contributed by atoms with Gasteiger partial charge in [0, 0.05) is 12.5 Å². The first-order valence-electron chi connectivity index (χ1n) is 4.96. The van der Waals surface area contributed by atoms with Crippen molar-refractivity contribution in [3.05, 3.63) is 23.5 Å². The van der Waals surface area contributed by atoms with Gasteiger partial charge in [-0.25, -0.2) is 0 Å². The van der Waals surface area contributed by atoms with Crippen molar-refractivity contribution in [3.63, 3.8) is 0 Å². The highest BCUT2D eigenvalue weighted by Gasteiger charge is 2.07. The van der Waals surface area contributed by atoms with Gasteiger partial charge >= 0.3 is 5.97 Å². The fourth-order valence-corrected chi connectivity index (χ4v) is 1.24. The molecule has 15 heavy (non-hydrogen) atoms. The zero-order valence-corrected chi connectivity index (χ0v) is 9.38. The average molecular weight is 227 g/mol. The molecule has 1 heterocycles. The van der Waals surface area contributed by atoms with Gasteiger partial charge in [0.25, 0.3) is 0 Å². The molecule has 1 rings (SSSR count). The molecule has 0 aliphatic heterocycles. The van der Waals surface area contributed by atoms with E-state index in [0.29, 0.717) is 17.2 Å². The Balaban J connectivity index is 2.41. The average Bonchev–Trinajstić information content (AvgIpc) is 2.22. The monoisotopic (exact) mass is 226 g/mol. The van der Waals surface area contributed by atoms with Crippen LogP contribution in [0.4, 0.5) is 0 Å². The van der Waals surface area contributed by atoms with Crippen LogP contribution in [-0.4, -0.2) is 11.0 Å². The molecule has 4 heteroatoms. The number of aromatic nitrogens is 1. The topological polar surface area (TPSA) is 39.2 Å². The summed E-state index contributed by atoms with van der Waals surface area (Å²) in [6, 6.07) is 1.46. The number of rotatable bonds is 5. The van der Waals surface area contributed by atoms with Crippen molar-refractivity contribution < 1.29 is 9.53 Å². The van der Waals surface area contributed by atoms with Gasteiger partial charge in [-0.1, -0.05) is 31.4 Å². The van der Waals surface area contributed by atoms with Crippen LogP contribution < -0.4 is 4.74 Å². The maximum Gasteiger partial charge on any atom is 0.311 e. The lowest BCUT2D eigenvalue weighted by Crippen LogP contribution is -2.07. The van der Waals surface area contributed by atoms with Gasteiger partial charge < -0.3 is 4.74 Å². The van der Waals surface area contributed by atoms with Gasteiger partial charge in [-0.3, -0.25) is 9.78 Å². The van der Waals surface area contributed by atoms with E-state index in [9.17, 15) is 4.79 Å². The van der Waals surface area contributed by atoms with Crippen LogP contribution in [0.15, 0.2) is 12.3 Å². The van der Waals surface area contributed by atoms with Gasteiger partial charge in [0.2, 0.25) is 0 Å². The second kappa shape index (κ2) is 6.40. The summed E-state index contributed by atoms with van der Waals surface area (Å²) >= 11 is 5.77. The molecule has 0 saturated heterocycles. The first-order valence-corrected chi connectivity index (χ1v) is 5.34. The van der Waals surface area contributed by atoms with Gasteiger partial charge in [0.1, 0.15) is 5.02 Å². The summed E-state index contributed by atoms with van der Waals surface area (Å²) in [5, 5.41) is 0.331. The third-order valence-corrected chi connectivity index (χ3v) is 2.18. The Labute approximate surface area is 94.4 Å². The van der Waals surface area contributed by atoms with Crippen LogP contribution >= 0.6 is 11.6 Å². The Morgan fingerprint density at radius 1 is 1.60 bits per heavy atom. The van der Waals surface area contributed by atoms with Gasteiger partial charge in [0.05, 0.1) is 12.4 Å². The minimum absolute atomic E-state index is 0.259. The molecule has 1 aromatic heterocycles. The number of unbranched alkanes of at least 4 members (excludes halogenated alkanes) is 2. The van der Waals surface area contributed by atoms with E-state index in [4.69, 9.17) is 16.3 Å². The molecule has 0 bridgehead atoms. The van der Waals surface area contributed by atoms with E-state index < -0.39 is 0 Å². The Morgan fingerprint density at radius 3 is 3.07 bits per heavy atom. The molecule has 0 N–H and O–H groups in total. The molecule has 0 spiro atoms. The molecule has 1 radical (unpaired) electrons. The molecule has 0 aliphatic rings. The number of hydrogen-bond donors (Lipinski definition) is 0. The minimum Gasteiger partial charge on any atom is -0.425 e. The maximum absolute atomic E-state index is 11.3. The zero-order chi connectivity index (χ0) is 11.1. The lowest BCUT2D eigenvalue weighted by Gasteiger charge is -2.04. The van der Waals surface area contributed by atoms with E-state index in [2.05, 4.69) is 18.1 Å². The Kier molecular flexibility index (Phi) is 5.12. The molecule has 0 aromatic carbocycles. The summed E-state index contributed by atoms with van der Waals surface area (Å²) < 4.78 is 5.05. The largest absolute Gasteiger partial charge is 0.425 e. The summed E-state index contributed by atoms with van der Waals surface area (Å²) in [6.45, 7) is 2.08. The summed E-state index contributed by atoms with van der Waals surface area (Å²) in [6.07, 6.45) is 7.35. The highest BCUT2D eigenvalue weighted by atomic mass is 35.5. The molecule has 1 aromatic rings. The van der Waals surface area contributed by atoms with E-state index in [0.717, 1.165) is 19.3 Å². The quantitative estimate of drug-likeness (QED) is 0.572. The van der Waals surface area contributed by atoms with Crippen molar-refractivity contribution in [1.82, 2.24) is 4.98 Å². The fraction of sp³-hybridized carbons (Fsp3) is 0.455. The minimum atomic E-state index is -0.259. The summed E-state index contributed by atoms with van der Waals surface area (Å²) in [5.41, 5.74) is 0. The summed E-state index contributed by atoms with van der Waals surface area (Å²) in [7, 11) is 0. The summed E-state index contributed by atoms with van der Waals surface area (Å²) in [5.74, 6) is 0.0677. The van der Waals surface area contributed by atoms with Gasteiger partial charge in [-0.15, -0.1) is 0 Å². The molecule has 0 unspecified atom stereocenters. The fourth-order valence-electron chi connectivity index (χ4n) is 1.09. The van der Waals surface area contributed by atoms with Crippen LogP contribution in [0.5, 0.6) is 5.75 Å². The van der Waals surface area contributed by atoms with E-state index in [1.54, 1.807) is 0 Å². The summed E-state index contributed by atoms with van der Waals surface area (Å²) in [4.78, 5) is 15.0. The van der Waals surface area contributed by atoms with Crippen LogP contribution in [0.3, 0.4) is 0 Å². The van der Waals surface area contributed by atoms with Crippen molar-refractivity contribution in [2.75, 3.05) is 0 Å². The van der Waals surface area contributed by atoms with Crippen LogP contribution in [0.1, 0.15) is 32.6 Å². The lowest BCUT2D eigenvalue weighted by atomic mass is 10.2. The number of pyridine rings is 1. The van der Waals surface area contributed by atoms with E-state index in [1.165, 1.54) is 12.3 Å². The number of nitrogens with zero attached hydrogens (tertiary/aromatic N) is 1. The number of hydrogen-bond acceptors (Lipinski definition) is 3. The van der Waals surface area contributed by atoms with Crippen molar-refractivity contribution >= 4 is 17.6 Å². The number of carbonyl (C=O) groups is 1. The molecule has 0 aliphatic carbocycles. The highest BCUT2D eigenvalue weighted by molar-refractivity contribution is 6.32. The molecule has 0 atom stereocenters. The molecular weight excluding hydrogens is 214 g/mol. The lowest BCUT2D eigenvalue weighted by molar-refractivity contribution is -0.134. The Bertz CT molecular complexity index is 328. The van der Waals surface area contributed by atoms with E-state index in [-0.39, 0.29) is 5.97 Å². The first-order chi connectivity index (χ1) is 7.24. The number of carbonyl (C=O) groups excluding carboxylic acids is 1. The SMILES string of the molecule is CCCCCC(=O)Oc1c[c]ncc1Cl. The number of esters is 1. The smallest absolute Gasteiger partial charge is 0.311 e. The molecule has 0 amide bonds. The third-order valence-electron chi connectivity index (χ3n) is 1.89. The van der Waals surface area contributed by atoms with Crippen molar-refractivity contribution in [1.29, 1.82) is 0 Å². The van der Waals surface area contributed by atoms with E-state index in [1.807, 2.05) is 0 Å². The first kappa shape index (κ1) is 12.0. The van der Waals surface area contributed by atoms with Crippen LogP contribution in [0.2, 0.25) is 5.02 Å². The molecular formula is C11H13ClNO2. The molecule has 0 saturated carbocycles. The van der Waals surface area contributed by atoms with Gasteiger partial charge in [-0.05, 0) is 6.42 Å². The van der Waals surface area contributed by atoms with Gasteiger partial charge in [-0.2, -0.15) is 0 Å². The van der Waals surface area contributed by atoms with E-state index >= 15 is 0 Å². The Morgan fingerprint density at radius 2 is 2.40 bits per heavy atom. The van der Waals surface area contributed by atoms with Crippen LogP contribution in [0.25, 0.3) is 0 Å². The second-order valence-electron chi connectivity index (χ2n) is 3.18. The van der Waals surface area contributed by atoms with Crippen LogP contribution in [0, 0.1) is 6.20 Å². The third kappa shape index (κ3) is 4.30.